The second-order valence-corrected chi connectivity index (χ2v) is 6.39. The van der Waals surface area contributed by atoms with E-state index in [1.165, 1.54) is 11.3 Å². The molecule has 0 spiro atoms. The van der Waals surface area contributed by atoms with Gasteiger partial charge in [0.2, 0.25) is 0 Å². The average Bonchev–Trinajstić information content (AvgIpc) is 2.28. The molecule has 102 valence electrons. The Morgan fingerprint density at radius 3 is 2.44 bits per heavy atom. The molecule has 0 aliphatic rings. The van der Waals surface area contributed by atoms with E-state index >= 15 is 0 Å². The molecule has 0 saturated heterocycles. The number of rotatable bonds is 4. The van der Waals surface area contributed by atoms with Crippen LogP contribution in [0.3, 0.4) is 0 Å². The first kappa shape index (κ1) is 15.3. The largest absolute Gasteiger partial charge is 0.371 e. The second kappa shape index (κ2) is 5.94. The Labute approximate surface area is 116 Å². The fourth-order valence-corrected chi connectivity index (χ4v) is 2.16. The molecule has 1 unspecified atom stereocenters. The van der Waals surface area contributed by atoms with Crippen molar-refractivity contribution in [3.05, 3.63) is 28.8 Å². The zero-order chi connectivity index (χ0) is 13.9. The number of halogens is 1. The molecule has 0 amide bonds. The van der Waals surface area contributed by atoms with Gasteiger partial charge >= 0.3 is 0 Å². The molecular formula is C15H25ClN2. The molecule has 18 heavy (non-hydrogen) atoms. The Kier molecular flexibility index (Phi) is 5.06. The van der Waals surface area contributed by atoms with Crippen LogP contribution >= 0.6 is 11.6 Å². The monoisotopic (exact) mass is 268 g/mol. The van der Waals surface area contributed by atoms with Crippen LogP contribution in [0.25, 0.3) is 0 Å². The van der Waals surface area contributed by atoms with Crippen LogP contribution in [-0.4, -0.2) is 20.1 Å². The van der Waals surface area contributed by atoms with Crippen molar-refractivity contribution in [2.75, 3.05) is 19.0 Å². The summed E-state index contributed by atoms with van der Waals surface area (Å²) in [6.45, 7) is 9.89. The molecule has 1 atom stereocenters. The minimum Gasteiger partial charge on any atom is -0.371 e. The van der Waals surface area contributed by atoms with Gasteiger partial charge in [0, 0.05) is 30.3 Å². The zero-order valence-electron chi connectivity index (χ0n) is 12.3. The number of hydrogen-bond acceptors (Lipinski definition) is 2. The molecule has 0 aliphatic carbocycles. The van der Waals surface area contributed by atoms with E-state index in [0.29, 0.717) is 6.04 Å². The molecule has 0 bridgehead atoms. The summed E-state index contributed by atoms with van der Waals surface area (Å²) in [5, 5.41) is 4.00. The van der Waals surface area contributed by atoms with Gasteiger partial charge < -0.3 is 10.2 Å². The molecule has 3 heteroatoms. The zero-order valence-corrected chi connectivity index (χ0v) is 13.1. The predicted octanol–water partition coefficient (Wildman–Crippen LogP) is 3.93. The van der Waals surface area contributed by atoms with Crippen LogP contribution in [0.15, 0.2) is 18.2 Å². The Balaban J connectivity index is 3.10. The molecule has 2 nitrogen and oxygen atoms in total. The Morgan fingerprint density at radius 1 is 1.33 bits per heavy atom. The minimum atomic E-state index is 0.230. The fraction of sp³-hybridized carbons (Fsp3) is 0.600. The van der Waals surface area contributed by atoms with E-state index in [-0.39, 0.29) is 5.41 Å². The standard InChI is InChI=1S/C15H25ClN2/c1-11(15(2,3)4)18(6)14-9-13(16)8-7-12(14)10-17-5/h7-9,11,17H,10H2,1-6H3. The van der Waals surface area contributed by atoms with Crippen LogP contribution in [-0.2, 0) is 6.54 Å². The highest BCUT2D eigenvalue weighted by Crippen LogP contribution is 2.31. The van der Waals surface area contributed by atoms with Crippen LogP contribution in [0.1, 0.15) is 33.3 Å². The van der Waals surface area contributed by atoms with Gasteiger partial charge in [0.15, 0.2) is 0 Å². The topological polar surface area (TPSA) is 15.3 Å². The Hall–Kier alpha value is -0.730. The number of nitrogens with one attached hydrogen (secondary N) is 1. The summed E-state index contributed by atoms with van der Waals surface area (Å²) in [5.41, 5.74) is 2.72. The highest BCUT2D eigenvalue weighted by Gasteiger charge is 2.25. The molecule has 0 fully saturated rings. The van der Waals surface area contributed by atoms with Gasteiger partial charge in [0.1, 0.15) is 0 Å². The molecule has 1 aromatic carbocycles. The lowest BCUT2D eigenvalue weighted by molar-refractivity contribution is 0.329. The number of hydrogen-bond donors (Lipinski definition) is 1. The summed E-state index contributed by atoms with van der Waals surface area (Å²) in [7, 11) is 4.10. The average molecular weight is 269 g/mol. The first-order chi connectivity index (χ1) is 8.27. The third-order valence-corrected chi connectivity index (χ3v) is 3.86. The van der Waals surface area contributed by atoms with E-state index in [1.54, 1.807) is 0 Å². The maximum absolute atomic E-state index is 6.13. The van der Waals surface area contributed by atoms with Gasteiger partial charge in [-0.1, -0.05) is 38.4 Å². The van der Waals surface area contributed by atoms with Crippen molar-refractivity contribution < 1.29 is 0 Å². The van der Waals surface area contributed by atoms with Gasteiger partial charge in [-0.05, 0) is 37.1 Å². The molecule has 0 radical (unpaired) electrons. The van der Waals surface area contributed by atoms with Crippen molar-refractivity contribution in [3.63, 3.8) is 0 Å². The number of nitrogens with zero attached hydrogens (tertiary/aromatic N) is 1. The molecule has 0 heterocycles. The first-order valence-electron chi connectivity index (χ1n) is 6.43. The van der Waals surface area contributed by atoms with Crippen molar-refractivity contribution in [1.29, 1.82) is 0 Å². The third kappa shape index (κ3) is 3.63. The fourth-order valence-electron chi connectivity index (χ4n) is 1.99. The summed E-state index contributed by atoms with van der Waals surface area (Å²) in [6.07, 6.45) is 0. The smallest absolute Gasteiger partial charge is 0.0426 e. The Morgan fingerprint density at radius 2 is 1.94 bits per heavy atom. The summed E-state index contributed by atoms with van der Waals surface area (Å²) in [5.74, 6) is 0. The Bertz CT molecular complexity index is 396. The van der Waals surface area contributed by atoms with Gasteiger partial charge in [-0.15, -0.1) is 0 Å². The molecule has 0 aromatic heterocycles. The molecule has 1 rings (SSSR count). The van der Waals surface area contributed by atoms with Crippen molar-refractivity contribution in [2.45, 2.75) is 40.3 Å². The van der Waals surface area contributed by atoms with E-state index in [4.69, 9.17) is 11.6 Å². The normalized spacial score (nSPS) is 13.5. The van der Waals surface area contributed by atoms with Crippen molar-refractivity contribution in [1.82, 2.24) is 5.32 Å². The van der Waals surface area contributed by atoms with Gasteiger partial charge in [0.05, 0.1) is 0 Å². The summed E-state index contributed by atoms with van der Waals surface area (Å²) < 4.78 is 0. The second-order valence-electron chi connectivity index (χ2n) is 5.96. The summed E-state index contributed by atoms with van der Waals surface area (Å²) in [4.78, 5) is 2.32. The molecule has 0 saturated carbocycles. The third-order valence-electron chi connectivity index (χ3n) is 3.63. The van der Waals surface area contributed by atoms with E-state index in [2.05, 4.69) is 57.1 Å². The number of anilines is 1. The molecule has 1 aromatic rings. The van der Waals surface area contributed by atoms with Crippen LogP contribution < -0.4 is 10.2 Å². The van der Waals surface area contributed by atoms with E-state index < -0.39 is 0 Å². The highest BCUT2D eigenvalue weighted by atomic mass is 35.5. The molecule has 1 N–H and O–H groups in total. The lowest BCUT2D eigenvalue weighted by atomic mass is 9.86. The van der Waals surface area contributed by atoms with Crippen LogP contribution in [0.4, 0.5) is 5.69 Å². The maximum Gasteiger partial charge on any atom is 0.0426 e. The van der Waals surface area contributed by atoms with Crippen LogP contribution in [0, 0.1) is 5.41 Å². The van der Waals surface area contributed by atoms with E-state index in [0.717, 1.165) is 11.6 Å². The SMILES string of the molecule is CNCc1ccc(Cl)cc1N(C)C(C)C(C)(C)C. The van der Waals surface area contributed by atoms with Gasteiger partial charge in [-0.25, -0.2) is 0 Å². The summed E-state index contributed by atoms with van der Waals surface area (Å²) in [6, 6.07) is 6.54. The van der Waals surface area contributed by atoms with E-state index in [1.807, 2.05) is 13.1 Å². The predicted molar refractivity (Wildman–Crippen MR) is 81.5 cm³/mol. The maximum atomic E-state index is 6.13. The van der Waals surface area contributed by atoms with Gasteiger partial charge in [-0.2, -0.15) is 0 Å². The highest BCUT2D eigenvalue weighted by molar-refractivity contribution is 6.30. The van der Waals surface area contributed by atoms with Gasteiger partial charge in [0.25, 0.3) is 0 Å². The lowest BCUT2D eigenvalue weighted by Crippen LogP contribution is -2.40. The van der Waals surface area contributed by atoms with Crippen molar-refractivity contribution >= 4 is 17.3 Å². The van der Waals surface area contributed by atoms with E-state index in [9.17, 15) is 0 Å². The quantitative estimate of drug-likeness (QED) is 0.890. The van der Waals surface area contributed by atoms with Crippen molar-refractivity contribution in [3.8, 4) is 0 Å². The number of benzene rings is 1. The minimum absolute atomic E-state index is 0.230. The van der Waals surface area contributed by atoms with Crippen LogP contribution in [0.5, 0.6) is 0 Å². The summed E-state index contributed by atoms with van der Waals surface area (Å²) >= 11 is 6.13. The first-order valence-corrected chi connectivity index (χ1v) is 6.81. The lowest BCUT2D eigenvalue weighted by Gasteiger charge is -2.38. The van der Waals surface area contributed by atoms with Gasteiger partial charge in [-0.3, -0.25) is 0 Å². The molecular weight excluding hydrogens is 244 g/mol. The van der Waals surface area contributed by atoms with Crippen molar-refractivity contribution in [2.24, 2.45) is 5.41 Å². The molecule has 0 aliphatic heterocycles. The van der Waals surface area contributed by atoms with Crippen LogP contribution in [0.2, 0.25) is 5.02 Å².